The van der Waals surface area contributed by atoms with Crippen molar-refractivity contribution in [3.05, 3.63) is 69.4 Å². The number of anilines is 2. The number of hydrogen-bond acceptors (Lipinski definition) is 12. The van der Waals surface area contributed by atoms with E-state index in [1.165, 1.54) is 71.9 Å². The third-order valence-corrected chi connectivity index (χ3v) is 20.0. The molecule has 4 N–H and O–H groups in total. The Kier molecular flexibility index (Phi) is 14.5. The lowest BCUT2D eigenvalue weighted by molar-refractivity contribution is -0.147. The molecule has 71 heavy (non-hydrogen) atoms. The highest BCUT2D eigenvalue weighted by atomic mass is 32.1. The molecule has 10 nitrogen and oxygen atoms in total. The Morgan fingerprint density at radius 2 is 0.972 bits per heavy atom. The molecule has 3 saturated heterocycles. The normalized spacial score (nSPS) is 29.9. The van der Waals surface area contributed by atoms with Gasteiger partial charge >= 0.3 is 0 Å². The van der Waals surface area contributed by atoms with E-state index >= 15 is 0 Å². The molecule has 2 saturated carbocycles. The largest absolute Gasteiger partial charge is 0.390 e. The number of nitrogens with zero attached hydrogens (tertiary/aromatic N) is 4. The fourth-order valence-corrected chi connectivity index (χ4v) is 15.1. The molecule has 11 rings (SSSR count). The highest BCUT2D eigenvalue weighted by molar-refractivity contribution is 7.14. The first-order valence-electron chi connectivity index (χ1n) is 27.6. The standard InChI is InChI=1S/C31H45N3O2S.C28H41N3O2S/c1-29(2)14-15-30(3,4)23-18-20(10-11-22(23)29)25-19-37-28(33-25)34-16-12-21(13-17-34)32-24-8-7-9-26-27(24)36-31(5,6)35-26;1-27(2)12-13-28(3,4)21-16-18(8-9-20(21)27)23-17-34-26(30-23)31-14-10-19(11-15-31)29-22-6-5-7-24(32)25(22)33/h10-11,18-19,21,24,26-27,32H,7-9,12-17H2,1-6H3;8-9,16-17,19,22,24-25,29,32-33H,5-7,10-15H2,1-4H3/t24-,26-,27+;22-,24-,25+/m11/s1. The van der Waals surface area contributed by atoms with Crippen LogP contribution in [0.4, 0.5) is 10.3 Å². The lowest BCUT2D eigenvalue weighted by atomic mass is 9.63. The summed E-state index contributed by atoms with van der Waals surface area (Å²) in [5, 5.41) is 34.6. The molecule has 5 heterocycles. The molecular weight excluding hydrogens is 921 g/mol. The Bertz CT molecular complexity index is 2480. The molecule has 2 aromatic carbocycles. The van der Waals surface area contributed by atoms with Gasteiger partial charge in [0, 0.05) is 72.2 Å². The van der Waals surface area contributed by atoms with Crippen LogP contribution in [0.15, 0.2) is 47.2 Å². The Morgan fingerprint density at radius 1 is 0.535 bits per heavy atom. The van der Waals surface area contributed by atoms with Crippen molar-refractivity contribution >= 4 is 32.9 Å². The van der Waals surface area contributed by atoms with E-state index in [4.69, 9.17) is 19.4 Å². The van der Waals surface area contributed by atoms with Crippen molar-refractivity contribution in [1.29, 1.82) is 0 Å². The number of benzene rings is 2. The second-order valence-corrected chi connectivity index (χ2v) is 27.4. The zero-order valence-electron chi connectivity index (χ0n) is 44.8. The Morgan fingerprint density at radius 3 is 1.46 bits per heavy atom. The first kappa shape index (κ1) is 51.5. The maximum absolute atomic E-state index is 10.3. The van der Waals surface area contributed by atoms with Crippen LogP contribution < -0.4 is 20.4 Å². The summed E-state index contributed by atoms with van der Waals surface area (Å²) in [4.78, 5) is 15.1. The summed E-state index contributed by atoms with van der Waals surface area (Å²) >= 11 is 3.54. The van der Waals surface area contributed by atoms with E-state index in [2.05, 4.69) is 137 Å². The first-order valence-corrected chi connectivity index (χ1v) is 29.4. The zero-order valence-corrected chi connectivity index (χ0v) is 46.4. The van der Waals surface area contributed by atoms with E-state index in [0.717, 1.165) is 92.8 Å². The van der Waals surface area contributed by atoms with E-state index < -0.39 is 18.0 Å². The average Bonchev–Trinajstić information content (AvgIpc) is 4.11. The number of nitrogens with one attached hydrogen (secondary N) is 2. The van der Waals surface area contributed by atoms with Gasteiger partial charge < -0.3 is 40.1 Å². The van der Waals surface area contributed by atoms with Gasteiger partial charge in [-0.25, -0.2) is 9.97 Å². The predicted octanol–water partition coefficient (Wildman–Crippen LogP) is 11.8. The molecule has 0 unspecified atom stereocenters. The molecule has 12 heteroatoms. The van der Waals surface area contributed by atoms with Crippen LogP contribution >= 0.6 is 22.7 Å². The second-order valence-electron chi connectivity index (χ2n) is 25.7. The Balaban J connectivity index is 0.000000165. The van der Waals surface area contributed by atoms with E-state index in [-0.39, 0.29) is 39.9 Å². The van der Waals surface area contributed by atoms with Crippen molar-refractivity contribution in [2.45, 2.75) is 235 Å². The van der Waals surface area contributed by atoms with Gasteiger partial charge in [0.05, 0.1) is 29.7 Å². The van der Waals surface area contributed by atoms with Crippen LogP contribution in [0.5, 0.6) is 0 Å². The molecule has 3 aliphatic heterocycles. The number of piperidine rings is 2. The number of rotatable bonds is 8. The molecule has 0 bridgehead atoms. The number of thiazole rings is 2. The molecule has 2 aromatic heterocycles. The van der Waals surface area contributed by atoms with Crippen LogP contribution in [0.25, 0.3) is 22.5 Å². The fourth-order valence-electron chi connectivity index (χ4n) is 13.3. The number of fused-ring (bicyclic) bond motifs is 3. The molecular formula is C59H86N6O4S2. The molecule has 6 atom stereocenters. The molecule has 0 radical (unpaired) electrons. The van der Waals surface area contributed by atoms with Crippen molar-refractivity contribution < 1.29 is 19.7 Å². The third-order valence-electron chi connectivity index (χ3n) is 18.2. The Hall–Kier alpha value is -2.94. The van der Waals surface area contributed by atoms with Gasteiger partial charge in [0.1, 0.15) is 6.10 Å². The number of aliphatic hydroxyl groups excluding tert-OH is 2. The summed E-state index contributed by atoms with van der Waals surface area (Å²) in [5.74, 6) is -0.449. The zero-order chi connectivity index (χ0) is 50.1. The monoisotopic (exact) mass is 1010 g/mol. The molecule has 0 amide bonds. The summed E-state index contributed by atoms with van der Waals surface area (Å²) in [7, 11) is 0. The van der Waals surface area contributed by atoms with Gasteiger partial charge in [-0.3, -0.25) is 0 Å². The SMILES string of the molecule is CC1(C)CCC(C)(C)c2cc(-c3csc(N4CCC(N[C@@H]5CCC[C@@H](O)[C@H]5O)CC4)n3)ccc21.CC1(C)O[C@H]2[C@H](NC3CCN(c4nc(-c5ccc6c(c5)C(C)(C)CCC6(C)C)cs4)CC3)CCC[C@H]2O1. The predicted molar refractivity (Wildman–Crippen MR) is 294 cm³/mol. The summed E-state index contributed by atoms with van der Waals surface area (Å²) in [6, 6.07) is 15.5. The summed E-state index contributed by atoms with van der Waals surface area (Å²) in [6.07, 6.45) is 14.7. The maximum atomic E-state index is 10.3. The van der Waals surface area contributed by atoms with Gasteiger partial charge in [0.2, 0.25) is 0 Å². The van der Waals surface area contributed by atoms with Crippen molar-refractivity contribution in [3.63, 3.8) is 0 Å². The van der Waals surface area contributed by atoms with Crippen molar-refractivity contribution in [3.8, 4) is 22.5 Å². The van der Waals surface area contributed by atoms with Crippen LogP contribution in [0.3, 0.4) is 0 Å². The maximum Gasteiger partial charge on any atom is 0.185 e. The van der Waals surface area contributed by atoms with E-state index in [1.54, 1.807) is 22.7 Å². The average molecular weight is 1010 g/mol. The van der Waals surface area contributed by atoms with Gasteiger partial charge in [-0.05, 0) is 160 Å². The van der Waals surface area contributed by atoms with Gasteiger partial charge in [-0.2, -0.15) is 0 Å². The van der Waals surface area contributed by atoms with Crippen LogP contribution in [-0.4, -0.2) is 101 Å². The minimum atomic E-state index is -0.638. The molecule has 4 aromatic rings. The van der Waals surface area contributed by atoms with Gasteiger partial charge in [0.25, 0.3) is 0 Å². The molecule has 0 spiro atoms. The third kappa shape index (κ3) is 10.9. The van der Waals surface area contributed by atoms with E-state index in [0.29, 0.717) is 24.5 Å². The van der Waals surface area contributed by atoms with E-state index in [1.807, 2.05) is 0 Å². The molecule has 388 valence electrons. The second kappa shape index (κ2) is 20.0. The lowest BCUT2D eigenvalue weighted by Gasteiger charge is -2.42. The number of hydrogen-bond donors (Lipinski definition) is 4. The van der Waals surface area contributed by atoms with E-state index in [9.17, 15) is 10.2 Å². The minimum Gasteiger partial charge on any atom is -0.390 e. The first-order chi connectivity index (χ1) is 33.6. The van der Waals surface area contributed by atoms with Crippen LogP contribution in [-0.2, 0) is 31.1 Å². The van der Waals surface area contributed by atoms with Gasteiger partial charge in [-0.15, -0.1) is 22.7 Å². The summed E-state index contributed by atoms with van der Waals surface area (Å²) < 4.78 is 12.5. The molecule has 5 fully saturated rings. The lowest BCUT2D eigenvalue weighted by Crippen LogP contribution is -2.54. The van der Waals surface area contributed by atoms with Crippen LogP contribution in [0.2, 0.25) is 0 Å². The highest BCUT2D eigenvalue weighted by Crippen LogP contribution is 2.49. The minimum absolute atomic E-state index is 0.0185. The quantitative estimate of drug-likeness (QED) is 0.136. The summed E-state index contributed by atoms with van der Waals surface area (Å²) in [6.45, 7) is 27.2. The van der Waals surface area contributed by atoms with Gasteiger partial charge in [-0.1, -0.05) is 79.7 Å². The highest BCUT2D eigenvalue weighted by Gasteiger charge is 2.47. The number of aliphatic hydroxyl groups is 2. The number of ether oxygens (including phenoxy) is 2. The molecule has 7 aliphatic rings. The van der Waals surface area contributed by atoms with Crippen LogP contribution in [0.1, 0.15) is 181 Å². The fraction of sp³-hybridized carbons (Fsp3) is 0.695. The van der Waals surface area contributed by atoms with Crippen molar-refractivity contribution in [2.75, 3.05) is 36.0 Å². The molecule has 4 aliphatic carbocycles. The van der Waals surface area contributed by atoms with Crippen LogP contribution in [0, 0.1) is 0 Å². The summed E-state index contributed by atoms with van der Waals surface area (Å²) in [5.41, 5.74) is 11.6. The van der Waals surface area contributed by atoms with Crippen molar-refractivity contribution in [2.24, 2.45) is 0 Å². The van der Waals surface area contributed by atoms with Gasteiger partial charge in [0.15, 0.2) is 16.1 Å². The topological polar surface area (TPSA) is 115 Å². The van der Waals surface area contributed by atoms with Crippen molar-refractivity contribution in [1.82, 2.24) is 20.6 Å². The smallest absolute Gasteiger partial charge is 0.185 e. The number of aromatic nitrogens is 2. The Labute approximate surface area is 434 Å².